The Morgan fingerprint density at radius 3 is 2.39 bits per heavy atom. The van der Waals surface area contributed by atoms with E-state index in [2.05, 4.69) is 0 Å². The van der Waals surface area contributed by atoms with Crippen molar-refractivity contribution in [1.29, 1.82) is 0 Å². The van der Waals surface area contributed by atoms with Crippen molar-refractivity contribution < 1.29 is 17.9 Å². The first kappa shape index (κ1) is 15.6. The van der Waals surface area contributed by atoms with E-state index in [1.54, 1.807) is 48.5 Å². The van der Waals surface area contributed by atoms with Crippen molar-refractivity contribution in [3.8, 4) is 5.75 Å². The fourth-order valence-electron chi connectivity index (χ4n) is 2.67. The number of methoxy groups -OCH3 is 1. The van der Waals surface area contributed by atoms with Crippen molar-refractivity contribution in [2.75, 3.05) is 13.7 Å². The van der Waals surface area contributed by atoms with Gasteiger partial charge in [0, 0.05) is 12.0 Å². The molecular weight excluding hydrogens is 312 g/mol. The van der Waals surface area contributed by atoms with Gasteiger partial charge in [0.1, 0.15) is 16.4 Å². The minimum absolute atomic E-state index is 0.207. The Hall–Kier alpha value is -2.27. The monoisotopic (exact) mass is 330 g/mol. The van der Waals surface area contributed by atoms with Crippen molar-refractivity contribution in [2.24, 2.45) is 0 Å². The first-order valence-corrected chi connectivity index (χ1v) is 8.92. The number of hydrogen-bond acceptors (Lipinski definition) is 4. The lowest BCUT2D eigenvalue weighted by Gasteiger charge is -2.15. The second-order valence-electron chi connectivity index (χ2n) is 5.22. The molecule has 0 aromatic heterocycles. The van der Waals surface area contributed by atoms with Crippen molar-refractivity contribution in [3.63, 3.8) is 0 Å². The zero-order chi connectivity index (χ0) is 16.3. The van der Waals surface area contributed by atoms with Crippen molar-refractivity contribution >= 4 is 14.7 Å². The molecule has 23 heavy (non-hydrogen) atoms. The van der Waals surface area contributed by atoms with Gasteiger partial charge in [0.15, 0.2) is 0 Å². The zero-order valence-electron chi connectivity index (χ0n) is 12.9. The third kappa shape index (κ3) is 2.97. The minimum Gasteiger partial charge on any atom is -0.497 e. The van der Waals surface area contributed by atoms with E-state index in [4.69, 9.17) is 9.47 Å². The van der Waals surface area contributed by atoms with Crippen molar-refractivity contribution in [1.82, 2.24) is 0 Å². The average Bonchev–Trinajstić information content (AvgIpc) is 3.10. The van der Waals surface area contributed by atoms with E-state index < -0.39 is 9.84 Å². The molecule has 2 aromatic rings. The van der Waals surface area contributed by atoms with Gasteiger partial charge in [0.05, 0.1) is 18.6 Å². The lowest BCUT2D eigenvalue weighted by atomic mass is 10.1. The quantitative estimate of drug-likeness (QED) is 0.859. The number of benzene rings is 2. The number of ether oxygens (including phenoxy) is 2. The van der Waals surface area contributed by atoms with Gasteiger partial charge in [-0.25, -0.2) is 8.42 Å². The van der Waals surface area contributed by atoms with E-state index in [1.165, 1.54) is 7.11 Å². The van der Waals surface area contributed by atoms with Crippen LogP contribution in [0, 0.1) is 0 Å². The Morgan fingerprint density at radius 1 is 1.04 bits per heavy atom. The van der Waals surface area contributed by atoms with E-state index in [0.717, 1.165) is 6.42 Å². The summed E-state index contributed by atoms with van der Waals surface area (Å²) in [5.41, 5.74) is 0.538. The van der Waals surface area contributed by atoms with Gasteiger partial charge in [-0.15, -0.1) is 0 Å². The number of allylic oxidation sites excluding steroid dienone is 1. The first-order chi connectivity index (χ1) is 11.1. The van der Waals surface area contributed by atoms with Gasteiger partial charge in [0.2, 0.25) is 9.84 Å². The highest BCUT2D eigenvalue weighted by Crippen LogP contribution is 2.38. The second-order valence-corrected chi connectivity index (χ2v) is 7.11. The molecule has 5 heteroatoms. The summed E-state index contributed by atoms with van der Waals surface area (Å²) in [7, 11) is -2.16. The van der Waals surface area contributed by atoms with Crippen LogP contribution in [0.3, 0.4) is 0 Å². The largest absolute Gasteiger partial charge is 0.497 e. The zero-order valence-corrected chi connectivity index (χ0v) is 13.7. The molecule has 0 spiro atoms. The van der Waals surface area contributed by atoms with Crippen LogP contribution in [0.1, 0.15) is 18.4 Å². The Bertz CT molecular complexity index is 815. The maximum Gasteiger partial charge on any atom is 0.210 e. The Kier molecular flexibility index (Phi) is 4.39. The highest BCUT2D eigenvalue weighted by Gasteiger charge is 2.30. The normalized spacial score (nSPS) is 16.7. The third-order valence-corrected chi connectivity index (χ3v) is 5.63. The standard InChI is InChI=1S/C18H18O4S/c1-21-16-11-6-5-10-15(16)18(17-12-7-13-22-17)23(19,20)14-8-3-2-4-9-14/h2-6,8-11H,7,12-13H2,1H3/b18-17+. The highest BCUT2D eigenvalue weighted by atomic mass is 32.2. The first-order valence-electron chi connectivity index (χ1n) is 7.44. The number of para-hydroxylation sites is 1. The molecule has 120 valence electrons. The summed E-state index contributed by atoms with van der Waals surface area (Å²) in [5, 5.41) is 0. The lowest BCUT2D eigenvalue weighted by molar-refractivity contribution is 0.265. The van der Waals surface area contributed by atoms with E-state index in [0.29, 0.717) is 30.1 Å². The smallest absolute Gasteiger partial charge is 0.210 e. The molecule has 4 nitrogen and oxygen atoms in total. The van der Waals surface area contributed by atoms with Gasteiger partial charge in [0.25, 0.3) is 0 Å². The Balaban J connectivity index is 2.25. The number of hydrogen-bond donors (Lipinski definition) is 0. The molecule has 1 heterocycles. The van der Waals surface area contributed by atoms with Gasteiger partial charge >= 0.3 is 0 Å². The number of rotatable bonds is 4. The fraction of sp³-hybridized carbons (Fsp3) is 0.222. The maximum absolute atomic E-state index is 13.2. The van der Waals surface area contributed by atoms with E-state index >= 15 is 0 Å². The van der Waals surface area contributed by atoms with Gasteiger partial charge < -0.3 is 9.47 Å². The Labute approximate surface area is 136 Å². The molecule has 0 atom stereocenters. The third-order valence-electron chi connectivity index (χ3n) is 3.75. The SMILES string of the molecule is COc1ccccc1/C(=C1/CCCO1)S(=O)(=O)c1ccccc1. The molecule has 0 amide bonds. The van der Waals surface area contributed by atoms with Crippen LogP contribution < -0.4 is 4.74 Å². The Morgan fingerprint density at radius 2 is 1.74 bits per heavy atom. The van der Waals surface area contributed by atoms with Gasteiger partial charge in [-0.05, 0) is 30.7 Å². The average molecular weight is 330 g/mol. The van der Waals surface area contributed by atoms with Crippen LogP contribution >= 0.6 is 0 Å². The van der Waals surface area contributed by atoms with Crippen LogP contribution in [0.25, 0.3) is 4.91 Å². The molecule has 3 rings (SSSR count). The topological polar surface area (TPSA) is 52.6 Å². The molecular formula is C18H18O4S. The van der Waals surface area contributed by atoms with Crippen LogP contribution in [-0.4, -0.2) is 22.1 Å². The van der Waals surface area contributed by atoms with E-state index in [-0.39, 0.29) is 9.80 Å². The predicted molar refractivity (Wildman–Crippen MR) is 88.7 cm³/mol. The van der Waals surface area contributed by atoms with E-state index in [9.17, 15) is 8.42 Å². The van der Waals surface area contributed by atoms with Crippen LogP contribution in [0.4, 0.5) is 0 Å². The molecule has 1 fully saturated rings. The fourth-order valence-corrected chi connectivity index (χ4v) is 4.34. The minimum atomic E-state index is -3.70. The summed E-state index contributed by atoms with van der Waals surface area (Å²) in [6.07, 6.45) is 1.43. The molecule has 2 aromatic carbocycles. The summed E-state index contributed by atoms with van der Waals surface area (Å²) >= 11 is 0. The molecule has 0 radical (unpaired) electrons. The van der Waals surface area contributed by atoms with Crippen molar-refractivity contribution in [2.45, 2.75) is 17.7 Å². The van der Waals surface area contributed by atoms with Gasteiger partial charge in [-0.2, -0.15) is 0 Å². The summed E-state index contributed by atoms with van der Waals surface area (Å²) in [6, 6.07) is 15.5. The molecule has 0 unspecified atom stereocenters. The molecule has 1 saturated heterocycles. The molecule has 1 aliphatic rings. The number of sulfone groups is 1. The summed E-state index contributed by atoms with van der Waals surface area (Å²) in [4.78, 5) is 0.461. The second kappa shape index (κ2) is 6.46. The summed E-state index contributed by atoms with van der Waals surface area (Å²) in [5.74, 6) is 1.03. The summed E-state index contributed by atoms with van der Waals surface area (Å²) < 4.78 is 37.4. The lowest BCUT2D eigenvalue weighted by Crippen LogP contribution is -2.08. The highest BCUT2D eigenvalue weighted by molar-refractivity contribution is 8.00. The molecule has 0 saturated carbocycles. The van der Waals surface area contributed by atoms with Crippen LogP contribution in [0.2, 0.25) is 0 Å². The van der Waals surface area contributed by atoms with E-state index in [1.807, 2.05) is 6.07 Å². The van der Waals surface area contributed by atoms with Crippen molar-refractivity contribution in [3.05, 3.63) is 65.9 Å². The van der Waals surface area contributed by atoms with Gasteiger partial charge in [-0.3, -0.25) is 0 Å². The predicted octanol–water partition coefficient (Wildman–Crippen LogP) is 3.65. The van der Waals surface area contributed by atoms with Crippen LogP contribution in [0.15, 0.2) is 65.3 Å². The molecule has 0 bridgehead atoms. The molecule has 1 aliphatic heterocycles. The van der Waals surface area contributed by atoms with Gasteiger partial charge in [-0.1, -0.05) is 30.3 Å². The van der Waals surface area contributed by atoms with Crippen LogP contribution in [0.5, 0.6) is 5.75 Å². The maximum atomic E-state index is 13.2. The van der Waals surface area contributed by atoms with Crippen LogP contribution in [-0.2, 0) is 14.6 Å². The molecule has 0 N–H and O–H groups in total. The molecule has 0 aliphatic carbocycles. The summed E-state index contributed by atoms with van der Waals surface area (Å²) in [6.45, 7) is 0.540.